The van der Waals surface area contributed by atoms with Crippen molar-refractivity contribution >= 4 is 51.3 Å². The lowest BCUT2D eigenvalue weighted by atomic mass is 9.99. The number of aryl methyl sites for hydroxylation is 1. The Labute approximate surface area is 179 Å². The molecule has 0 aliphatic carbocycles. The molecule has 1 unspecified atom stereocenters. The number of thiophene rings is 1. The molecule has 154 valence electrons. The van der Waals surface area contributed by atoms with Gasteiger partial charge in [0, 0.05) is 21.0 Å². The quantitative estimate of drug-likeness (QED) is 0.439. The number of carboxylic acid groups (broad SMARTS) is 1. The number of carbonyl (C=O) groups is 1. The van der Waals surface area contributed by atoms with E-state index in [-0.39, 0.29) is 18.1 Å². The van der Waals surface area contributed by atoms with Crippen LogP contribution in [-0.4, -0.2) is 34.5 Å². The highest BCUT2D eigenvalue weighted by atomic mass is 35.5. The minimum Gasteiger partial charge on any atom is -0.481 e. The molecular formula is C21H25ClN4O2S. The third-order valence-electron chi connectivity index (χ3n) is 4.47. The van der Waals surface area contributed by atoms with Gasteiger partial charge in [-0.15, -0.1) is 11.3 Å². The second-order valence-electron chi connectivity index (χ2n) is 6.37. The highest BCUT2D eigenvalue weighted by molar-refractivity contribution is 7.17. The van der Waals surface area contributed by atoms with Crippen LogP contribution >= 0.6 is 22.9 Å². The third-order valence-corrected chi connectivity index (χ3v) is 5.91. The highest BCUT2D eigenvalue weighted by Gasteiger charge is 2.34. The Morgan fingerprint density at radius 2 is 1.86 bits per heavy atom. The maximum atomic E-state index is 11.4. The smallest absolute Gasteiger partial charge is 0.305 e. The van der Waals surface area contributed by atoms with E-state index in [4.69, 9.17) is 22.4 Å². The minimum absolute atomic E-state index is 0.00337. The molecule has 0 saturated carbocycles. The zero-order chi connectivity index (χ0) is 21.9. The Hall–Kier alpha value is -2.51. The number of hydrogen-bond donors (Lipinski definition) is 3. The number of fused-ring (bicyclic) bond motifs is 1. The largest absolute Gasteiger partial charge is 0.481 e. The summed E-state index contributed by atoms with van der Waals surface area (Å²) in [6.45, 7) is 9.56. The van der Waals surface area contributed by atoms with Crippen molar-refractivity contribution in [2.45, 2.75) is 47.1 Å². The molecule has 0 saturated heterocycles. The van der Waals surface area contributed by atoms with E-state index in [2.05, 4.69) is 4.99 Å². The molecule has 0 fully saturated rings. The molecular weight excluding hydrogens is 408 g/mol. The van der Waals surface area contributed by atoms with Crippen LogP contribution in [0.3, 0.4) is 0 Å². The van der Waals surface area contributed by atoms with E-state index in [0.717, 1.165) is 26.6 Å². The van der Waals surface area contributed by atoms with E-state index < -0.39 is 12.0 Å². The van der Waals surface area contributed by atoms with Gasteiger partial charge in [0.2, 0.25) is 0 Å². The van der Waals surface area contributed by atoms with Crippen LogP contribution < -0.4 is 4.90 Å². The first-order valence-electron chi connectivity index (χ1n) is 9.30. The van der Waals surface area contributed by atoms with Crippen molar-refractivity contribution in [1.82, 2.24) is 0 Å². The van der Waals surface area contributed by atoms with Crippen molar-refractivity contribution in [3.05, 3.63) is 50.9 Å². The van der Waals surface area contributed by atoms with Gasteiger partial charge in [-0.3, -0.25) is 25.5 Å². The molecule has 29 heavy (non-hydrogen) atoms. The predicted octanol–water partition coefficient (Wildman–Crippen LogP) is 5.52. The van der Waals surface area contributed by atoms with Crippen LogP contribution in [0.5, 0.6) is 0 Å². The van der Waals surface area contributed by atoms with Crippen LogP contribution in [0.2, 0.25) is 5.02 Å². The number of aliphatic carboxylic acids is 1. The first-order chi connectivity index (χ1) is 13.7. The first-order valence-corrected chi connectivity index (χ1v) is 10.5. The lowest BCUT2D eigenvalue weighted by molar-refractivity contribution is -0.137. The van der Waals surface area contributed by atoms with Gasteiger partial charge in [-0.05, 0) is 38.5 Å². The number of benzene rings is 1. The normalized spacial score (nSPS) is 15.7. The molecule has 1 aliphatic heterocycles. The summed E-state index contributed by atoms with van der Waals surface area (Å²) < 4.78 is 0. The van der Waals surface area contributed by atoms with Gasteiger partial charge in [0.1, 0.15) is 22.7 Å². The molecule has 3 rings (SSSR count). The number of rotatable bonds is 3. The van der Waals surface area contributed by atoms with Crippen LogP contribution in [0, 0.1) is 24.7 Å². The zero-order valence-electron chi connectivity index (χ0n) is 17.1. The Bertz CT molecular complexity index is 979. The van der Waals surface area contributed by atoms with Crippen molar-refractivity contribution in [2.24, 2.45) is 4.99 Å². The lowest BCUT2D eigenvalue weighted by Gasteiger charge is -2.24. The molecule has 0 amide bonds. The van der Waals surface area contributed by atoms with Crippen molar-refractivity contribution in [3.8, 4) is 0 Å². The number of nitrogens with one attached hydrogen (secondary N) is 2. The molecule has 8 heteroatoms. The summed E-state index contributed by atoms with van der Waals surface area (Å²) in [5, 5.41) is 27.4. The van der Waals surface area contributed by atoms with Gasteiger partial charge < -0.3 is 5.11 Å². The summed E-state index contributed by atoms with van der Waals surface area (Å²) in [4.78, 5) is 18.6. The van der Waals surface area contributed by atoms with Crippen LogP contribution in [0.1, 0.15) is 48.8 Å². The molecule has 1 aromatic heterocycles. The fourth-order valence-electron chi connectivity index (χ4n) is 3.05. The maximum absolute atomic E-state index is 11.4. The SMILES string of the molecule is CC.CC(=N)N1C(=N)C(CC(=O)O)N=C(c2ccc(Cl)cc2)c2c1sc(C)c2C. The summed E-state index contributed by atoms with van der Waals surface area (Å²) >= 11 is 7.50. The molecule has 1 aromatic carbocycles. The zero-order valence-corrected chi connectivity index (χ0v) is 18.7. The summed E-state index contributed by atoms with van der Waals surface area (Å²) in [5.74, 6) is -0.883. The van der Waals surface area contributed by atoms with Crippen molar-refractivity contribution in [2.75, 3.05) is 4.90 Å². The average molecular weight is 433 g/mol. The van der Waals surface area contributed by atoms with Gasteiger partial charge in [0.25, 0.3) is 0 Å². The fraction of sp³-hybridized carbons (Fsp3) is 0.333. The topological polar surface area (TPSA) is 101 Å². The van der Waals surface area contributed by atoms with Crippen LogP contribution in [0.4, 0.5) is 5.00 Å². The van der Waals surface area contributed by atoms with Gasteiger partial charge in [-0.2, -0.15) is 0 Å². The van der Waals surface area contributed by atoms with E-state index in [1.54, 1.807) is 19.1 Å². The number of anilines is 1. The number of hydrogen-bond acceptors (Lipinski definition) is 5. The van der Waals surface area contributed by atoms with Gasteiger partial charge in [0.05, 0.1) is 12.1 Å². The maximum Gasteiger partial charge on any atom is 0.305 e. The third kappa shape index (κ3) is 4.57. The summed E-state index contributed by atoms with van der Waals surface area (Å²) in [5.41, 5.74) is 3.28. The van der Waals surface area contributed by atoms with E-state index in [0.29, 0.717) is 10.7 Å². The van der Waals surface area contributed by atoms with Gasteiger partial charge in [-0.25, -0.2) is 0 Å². The van der Waals surface area contributed by atoms with Crippen molar-refractivity contribution in [3.63, 3.8) is 0 Å². The molecule has 0 spiro atoms. The Morgan fingerprint density at radius 1 is 1.28 bits per heavy atom. The molecule has 2 aromatic rings. The van der Waals surface area contributed by atoms with Crippen molar-refractivity contribution in [1.29, 1.82) is 10.8 Å². The highest BCUT2D eigenvalue weighted by Crippen LogP contribution is 2.40. The number of aliphatic imine (C=N–C) groups is 1. The molecule has 1 atom stereocenters. The monoisotopic (exact) mass is 432 g/mol. The van der Waals surface area contributed by atoms with E-state index in [9.17, 15) is 9.90 Å². The molecule has 6 nitrogen and oxygen atoms in total. The minimum atomic E-state index is -1.04. The van der Waals surface area contributed by atoms with Crippen LogP contribution in [-0.2, 0) is 4.79 Å². The Balaban J connectivity index is 0.00000145. The molecule has 0 radical (unpaired) electrons. The summed E-state index contributed by atoms with van der Waals surface area (Å²) in [7, 11) is 0. The van der Waals surface area contributed by atoms with Crippen LogP contribution in [0.15, 0.2) is 29.3 Å². The first kappa shape index (κ1) is 22.8. The fourth-order valence-corrected chi connectivity index (χ4v) is 4.40. The second-order valence-corrected chi connectivity index (χ2v) is 8.01. The average Bonchev–Trinajstić information content (AvgIpc) is 2.88. The summed E-state index contributed by atoms with van der Waals surface area (Å²) in [6, 6.07) is 6.32. The van der Waals surface area contributed by atoms with Crippen molar-refractivity contribution < 1.29 is 9.90 Å². The van der Waals surface area contributed by atoms with E-state index in [1.165, 1.54) is 16.2 Å². The lowest BCUT2D eigenvalue weighted by Crippen LogP contribution is -2.40. The number of amidine groups is 2. The molecule has 0 bridgehead atoms. The molecule has 3 N–H and O–H groups in total. The van der Waals surface area contributed by atoms with E-state index in [1.807, 2.05) is 39.8 Å². The Morgan fingerprint density at radius 3 is 2.38 bits per heavy atom. The van der Waals surface area contributed by atoms with Gasteiger partial charge in [-0.1, -0.05) is 37.6 Å². The van der Waals surface area contributed by atoms with Gasteiger partial charge >= 0.3 is 5.97 Å². The number of halogens is 1. The molecule has 1 aliphatic rings. The van der Waals surface area contributed by atoms with Crippen LogP contribution in [0.25, 0.3) is 0 Å². The Kier molecular flexibility index (Phi) is 7.32. The number of nitrogens with zero attached hydrogens (tertiary/aromatic N) is 2. The standard InChI is InChI=1S/C19H19ClN4O2S.C2H6/c1-9-10(2)27-19-16(9)17(12-4-6-13(20)7-5-12)23-14(8-15(25)26)18(22)24(19)11(3)21;1-2/h4-7,14,21-22H,8H2,1-3H3,(H,25,26);1-2H3. The molecule has 2 heterocycles. The second kappa shape index (κ2) is 9.33. The van der Waals surface area contributed by atoms with Gasteiger partial charge in [0.15, 0.2) is 0 Å². The predicted molar refractivity (Wildman–Crippen MR) is 122 cm³/mol. The number of carboxylic acids is 1. The summed E-state index contributed by atoms with van der Waals surface area (Å²) in [6.07, 6.45) is -0.313. The van der Waals surface area contributed by atoms with E-state index >= 15 is 0 Å².